The molecule has 0 saturated carbocycles. The van der Waals surface area contributed by atoms with E-state index < -0.39 is 17.7 Å². The van der Waals surface area contributed by atoms with Crippen LogP contribution in [-0.4, -0.2) is 30.2 Å². The van der Waals surface area contributed by atoms with Gasteiger partial charge in [-0.1, -0.05) is 39.7 Å². The van der Waals surface area contributed by atoms with Crippen LogP contribution in [0.2, 0.25) is 5.02 Å². The molecule has 0 bridgehead atoms. The third-order valence-electron chi connectivity index (χ3n) is 5.46. The first kappa shape index (κ1) is 24.1. The molecule has 0 aliphatic carbocycles. The van der Waals surface area contributed by atoms with E-state index in [2.05, 4.69) is 26.6 Å². The molecule has 0 spiro atoms. The molecule has 176 valence electrons. The van der Waals surface area contributed by atoms with E-state index in [0.717, 1.165) is 10.5 Å². The van der Waals surface area contributed by atoms with Crippen molar-refractivity contribution >= 4 is 50.8 Å². The number of fused-ring (bicyclic) bond motifs is 1. The van der Waals surface area contributed by atoms with E-state index in [0.29, 0.717) is 39.6 Å². The highest BCUT2D eigenvalue weighted by molar-refractivity contribution is 9.10. The highest BCUT2D eigenvalue weighted by Crippen LogP contribution is 2.41. The van der Waals surface area contributed by atoms with Gasteiger partial charge in [0.15, 0.2) is 0 Å². The van der Waals surface area contributed by atoms with Gasteiger partial charge in [-0.15, -0.1) is 0 Å². The van der Waals surface area contributed by atoms with E-state index >= 15 is 0 Å². The molecule has 1 aliphatic heterocycles. The second kappa shape index (κ2) is 10.0. The van der Waals surface area contributed by atoms with Crippen LogP contribution in [0.5, 0.6) is 5.75 Å². The van der Waals surface area contributed by atoms with Gasteiger partial charge in [-0.3, -0.25) is 9.69 Å². The number of urea groups is 1. The molecule has 0 unspecified atom stereocenters. The monoisotopic (exact) mass is 543 g/mol. The third-order valence-corrected chi connectivity index (χ3v) is 6.21. The smallest absolute Gasteiger partial charge is 0.329 e. The summed E-state index contributed by atoms with van der Waals surface area (Å²) >= 11 is 9.33. The molecule has 3 aromatic rings. The van der Waals surface area contributed by atoms with E-state index in [1.54, 1.807) is 54.6 Å². The molecule has 4 rings (SSSR count). The van der Waals surface area contributed by atoms with Crippen molar-refractivity contribution < 1.29 is 19.4 Å². The van der Waals surface area contributed by atoms with Crippen LogP contribution < -0.4 is 20.3 Å². The minimum absolute atomic E-state index is 0.249. The Balaban J connectivity index is 1.67. The van der Waals surface area contributed by atoms with Crippen molar-refractivity contribution in [2.75, 3.05) is 23.4 Å². The lowest BCUT2D eigenvalue weighted by Crippen LogP contribution is -2.62. The third kappa shape index (κ3) is 4.75. The molecule has 3 N–H and O–H groups in total. The fraction of sp³-hybridized carbons (Fsp3) is 0.200. The highest BCUT2D eigenvalue weighted by Gasteiger charge is 2.52. The van der Waals surface area contributed by atoms with Crippen LogP contribution in [0.25, 0.3) is 0 Å². The predicted molar refractivity (Wildman–Crippen MR) is 135 cm³/mol. The van der Waals surface area contributed by atoms with Crippen LogP contribution in [-0.2, 0) is 16.9 Å². The second-order valence-electron chi connectivity index (χ2n) is 7.69. The number of carbonyl (C=O) groups excluding carboxylic acids is 2. The van der Waals surface area contributed by atoms with E-state index in [9.17, 15) is 14.7 Å². The average Bonchev–Trinajstić information content (AvgIpc) is 2.82. The first-order valence-corrected chi connectivity index (χ1v) is 11.9. The molecule has 0 aromatic heterocycles. The minimum atomic E-state index is -2.28. The number of hydrogen-bond acceptors (Lipinski definition) is 4. The van der Waals surface area contributed by atoms with E-state index in [1.165, 1.54) is 0 Å². The average molecular weight is 545 g/mol. The first-order chi connectivity index (χ1) is 16.3. The lowest BCUT2D eigenvalue weighted by atomic mass is 9.94. The largest absolute Gasteiger partial charge is 0.494 e. The van der Waals surface area contributed by atoms with Crippen molar-refractivity contribution in [2.45, 2.75) is 19.1 Å². The number of carbonyl (C=O) groups is 2. The number of amides is 3. The zero-order valence-electron chi connectivity index (χ0n) is 18.3. The molecule has 3 amide bonds. The number of nitrogens with zero attached hydrogens (tertiary/aromatic N) is 1. The topological polar surface area (TPSA) is 90.9 Å². The molecule has 9 heteroatoms. The molecule has 1 heterocycles. The van der Waals surface area contributed by atoms with Gasteiger partial charge in [0.25, 0.3) is 11.6 Å². The van der Waals surface area contributed by atoms with E-state index in [4.69, 9.17) is 16.3 Å². The van der Waals surface area contributed by atoms with Crippen molar-refractivity contribution in [3.05, 3.63) is 87.4 Å². The van der Waals surface area contributed by atoms with Crippen molar-refractivity contribution in [2.24, 2.45) is 0 Å². The molecule has 3 aromatic carbocycles. The fourth-order valence-corrected chi connectivity index (χ4v) is 4.32. The highest BCUT2D eigenvalue weighted by atomic mass is 79.9. The molecular weight excluding hydrogens is 522 g/mol. The van der Waals surface area contributed by atoms with E-state index in [-0.39, 0.29) is 12.1 Å². The van der Waals surface area contributed by atoms with Crippen molar-refractivity contribution in [1.29, 1.82) is 0 Å². The van der Waals surface area contributed by atoms with Gasteiger partial charge in [0.1, 0.15) is 5.75 Å². The summed E-state index contributed by atoms with van der Waals surface area (Å²) in [5.74, 6) is -0.104. The van der Waals surface area contributed by atoms with Crippen LogP contribution >= 0.6 is 27.5 Å². The first-order valence-electron chi connectivity index (χ1n) is 10.7. The second-order valence-corrected chi connectivity index (χ2v) is 9.04. The summed E-state index contributed by atoms with van der Waals surface area (Å²) in [5, 5.41) is 18.1. The van der Waals surface area contributed by atoms with Crippen molar-refractivity contribution in [3.8, 4) is 5.75 Å². The summed E-state index contributed by atoms with van der Waals surface area (Å²) in [6, 6.07) is 18.3. The molecule has 7 nitrogen and oxygen atoms in total. The van der Waals surface area contributed by atoms with Crippen LogP contribution in [0.1, 0.15) is 18.1 Å². The molecule has 34 heavy (non-hydrogen) atoms. The zero-order valence-corrected chi connectivity index (χ0v) is 20.7. The number of rotatable bonds is 7. The summed E-state index contributed by atoms with van der Waals surface area (Å²) < 4.78 is 6.13. The van der Waals surface area contributed by atoms with Gasteiger partial charge in [-0.2, -0.15) is 0 Å². The fourth-order valence-electron chi connectivity index (χ4n) is 3.83. The number of nitrogens with one attached hydrogen (secondary N) is 2. The summed E-state index contributed by atoms with van der Waals surface area (Å²) in [5.41, 5.74) is -0.370. The van der Waals surface area contributed by atoms with Crippen LogP contribution in [0, 0.1) is 0 Å². The molecule has 0 saturated heterocycles. The Hall–Kier alpha value is -3.07. The summed E-state index contributed by atoms with van der Waals surface area (Å²) in [4.78, 5) is 27.7. The van der Waals surface area contributed by atoms with Crippen molar-refractivity contribution in [1.82, 2.24) is 5.32 Å². The number of hydrogen-bond donors (Lipinski definition) is 3. The lowest BCUT2D eigenvalue weighted by Gasteiger charge is -2.42. The van der Waals surface area contributed by atoms with Crippen LogP contribution in [0.15, 0.2) is 71.2 Å². The maximum absolute atomic E-state index is 13.5. The maximum atomic E-state index is 13.5. The van der Waals surface area contributed by atoms with Gasteiger partial charge < -0.3 is 20.5 Å². The van der Waals surface area contributed by atoms with Gasteiger partial charge in [-0.25, -0.2) is 4.79 Å². The summed E-state index contributed by atoms with van der Waals surface area (Å²) in [7, 11) is 0. The quantitative estimate of drug-likeness (QED) is 0.388. The van der Waals surface area contributed by atoms with Gasteiger partial charge in [0.2, 0.25) is 0 Å². The number of anilines is 2. The lowest BCUT2D eigenvalue weighted by molar-refractivity contribution is -0.140. The molecule has 0 radical (unpaired) electrons. The number of benzene rings is 3. The SMILES string of the molecule is CCOc1ccc(N2C(=O)Nc3ccc(Br)cc3[C@@]2(O)C(=O)NCCc2ccc(Cl)cc2)cc1. The Morgan fingerprint density at radius 1 is 1.15 bits per heavy atom. The standard InChI is InChI=1S/C25H23BrClN3O4/c1-2-34-20-10-8-19(9-11-20)30-24(32)29-22-12-5-17(26)15-21(22)25(30,33)23(31)28-14-13-16-3-6-18(27)7-4-16/h3-12,15,33H,2,13-14H2,1H3,(H,28,31)(H,29,32)/t25-/m1/s1. The van der Waals surface area contributed by atoms with Crippen LogP contribution in [0.4, 0.5) is 16.2 Å². The minimum Gasteiger partial charge on any atom is -0.494 e. The maximum Gasteiger partial charge on any atom is 0.329 e. The van der Waals surface area contributed by atoms with Gasteiger partial charge in [0, 0.05) is 27.3 Å². The number of aliphatic hydroxyl groups is 1. The summed E-state index contributed by atoms with van der Waals surface area (Å²) in [6.07, 6.45) is 0.527. The Labute approximate surface area is 210 Å². The van der Waals surface area contributed by atoms with Crippen LogP contribution in [0.3, 0.4) is 0 Å². The number of halogens is 2. The van der Waals surface area contributed by atoms with Crippen molar-refractivity contribution in [3.63, 3.8) is 0 Å². The summed E-state index contributed by atoms with van der Waals surface area (Å²) in [6.45, 7) is 2.61. The van der Waals surface area contributed by atoms with Gasteiger partial charge in [-0.05, 0) is 73.5 Å². The van der Waals surface area contributed by atoms with Gasteiger partial charge >= 0.3 is 6.03 Å². The molecule has 0 fully saturated rings. The Morgan fingerprint density at radius 3 is 2.53 bits per heavy atom. The Bertz CT molecular complexity index is 1200. The Morgan fingerprint density at radius 2 is 1.85 bits per heavy atom. The molecule has 1 atom stereocenters. The van der Waals surface area contributed by atoms with E-state index in [1.807, 2.05) is 19.1 Å². The Kier molecular flexibility index (Phi) is 7.11. The normalized spacial score (nSPS) is 17.1. The number of ether oxygens (including phenoxy) is 1. The predicted octanol–water partition coefficient (Wildman–Crippen LogP) is 5.06. The molecule has 1 aliphatic rings. The zero-order chi connectivity index (χ0) is 24.3. The van der Waals surface area contributed by atoms with Gasteiger partial charge in [0.05, 0.1) is 12.3 Å². The molecular formula is C25H23BrClN3O4.